The molecule has 0 saturated heterocycles. The highest BCUT2D eigenvalue weighted by Gasteiger charge is 2.23. The molecule has 0 spiro atoms. The molecule has 112 valence electrons. The topological polar surface area (TPSA) is 98.7 Å². The summed E-state index contributed by atoms with van der Waals surface area (Å²) >= 11 is 1.13. The minimum absolute atomic E-state index is 0.0547. The Labute approximate surface area is 121 Å². The molecule has 4 N–H and O–H groups in total. The maximum atomic E-state index is 11.7. The minimum atomic E-state index is -1.09. The van der Waals surface area contributed by atoms with Crippen molar-refractivity contribution in [1.29, 1.82) is 0 Å². The predicted octanol–water partition coefficient (Wildman–Crippen LogP) is 2.36. The van der Waals surface area contributed by atoms with E-state index < -0.39 is 17.6 Å². The van der Waals surface area contributed by atoms with Crippen LogP contribution in [0.15, 0.2) is 11.4 Å². The average molecular weight is 300 g/mol. The summed E-state index contributed by atoms with van der Waals surface area (Å²) in [5.41, 5.74) is -0.935. The van der Waals surface area contributed by atoms with Crippen molar-refractivity contribution in [3.63, 3.8) is 0 Å². The van der Waals surface area contributed by atoms with Gasteiger partial charge in [0.15, 0.2) is 0 Å². The molecule has 0 radical (unpaired) electrons. The fraction of sp³-hybridized carbons (Fsp3) is 0.538. The second kappa shape index (κ2) is 6.71. The molecule has 1 rings (SSSR count). The molecule has 2 amide bonds. The Bertz CT molecular complexity index is 482. The lowest BCUT2D eigenvalue weighted by atomic mass is 9.94. The first-order chi connectivity index (χ1) is 9.21. The molecule has 7 heteroatoms. The van der Waals surface area contributed by atoms with Gasteiger partial charge in [-0.15, -0.1) is 11.3 Å². The number of hydrogen-bond acceptors (Lipinski definition) is 4. The van der Waals surface area contributed by atoms with Crippen molar-refractivity contribution in [2.75, 3.05) is 11.9 Å². The van der Waals surface area contributed by atoms with Gasteiger partial charge < -0.3 is 15.5 Å². The van der Waals surface area contributed by atoms with Gasteiger partial charge in [0, 0.05) is 6.54 Å². The van der Waals surface area contributed by atoms with E-state index in [9.17, 15) is 14.7 Å². The number of carboxylic acid groups (broad SMARTS) is 1. The van der Waals surface area contributed by atoms with Gasteiger partial charge >= 0.3 is 12.0 Å². The fourth-order valence-electron chi connectivity index (χ4n) is 1.94. The summed E-state index contributed by atoms with van der Waals surface area (Å²) in [7, 11) is 0. The molecule has 0 bridgehead atoms. The molecule has 20 heavy (non-hydrogen) atoms. The maximum absolute atomic E-state index is 11.7. The van der Waals surface area contributed by atoms with Crippen LogP contribution in [0.1, 0.15) is 37.6 Å². The SMILES string of the molecule is CC(C)CC(C)(O)CNC(=O)Nc1sccc1C(=O)O. The zero-order valence-corrected chi connectivity index (χ0v) is 12.6. The number of carbonyl (C=O) groups excluding carboxylic acids is 1. The van der Waals surface area contributed by atoms with Gasteiger partial charge in [0.2, 0.25) is 0 Å². The summed E-state index contributed by atoms with van der Waals surface area (Å²) < 4.78 is 0. The van der Waals surface area contributed by atoms with Crippen LogP contribution in [0, 0.1) is 5.92 Å². The fourth-order valence-corrected chi connectivity index (χ4v) is 2.72. The van der Waals surface area contributed by atoms with Crippen molar-refractivity contribution in [2.45, 2.75) is 32.8 Å². The molecular weight excluding hydrogens is 280 g/mol. The van der Waals surface area contributed by atoms with Gasteiger partial charge in [0.25, 0.3) is 0 Å². The van der Waals surface area contributed by atoms with E-state index >= 15 is 0 Å². The van der Waals surface area contributed by atoms with Crippen LogP contribution in [-0.4, -0.2) is 34.4 Å². The van der Waals surface area contributed by atoms with E-state index in [4.69, 9.17) is 5.11 Å². The zero-order chi connectivity index (χ0) is 15.3. The van der Waals surface area contributed by atoms with E-state index in [1.807, 2.05) is 13.8 Å². The molecule has 0 aromatic carbocycles. The quantitative estimate of drug-likeness (QED) is 0.648. The number of aromatic carboxylic acids is 1. The normalized spacial score (nSPS) is 13.8. The maximum Gasteiger partial charge on any atom is 0.338 e. The largest absolute Gasteiger partial charge is 0.478 e. The number of thiophene rings is 1. The van der Waals surface area contributed by atoms with Crippen LogP contribution in [0.5, 0.6) is 0 Å². The van der Waals surface area contributed by atoms with Crippen molar-refractivity contribution in [3.05, 3.63) is 17.0 Å². The van der Waals surface area contributed by atoms with Crippen LogP contribution >= 0.6 is 11.3 Å². The number of rotatable bonds is 6. The third-order valence-corrected chi connectivity index (χ3v) is 3.43. The predicted molar refractivity (Wildman–Crippen MR) is 78.4 cm³/mol. The average Bonchev–Trinajstić information content (AvgIpc) is 2.73. The number of urea groups is 1. The molecular formula is C13H20N2O4S. The van der Waals surface area contributed by atoms with Crippen LogP contribution in [0.2, 0.25) is 0 Å². The number of amides is 2. The Hall–Kier alpha value is -1.60. The molecule has 0 fully saturated rings. The molecule has 1 unspecified atom stereocenters. The van der Waals surface area contributed by atoms with Gasteiger partial charge in [-0.05, 0) is 30.7 Å². The Balaban J connectivity index is 2.52. The summed E-state index contributed by atoms with van der Waals surface area (Å²) in [5.74, 6) is -0.779. The van der Waals surface area contributed by atoms with Gasteiger partial charge in [-0.1, -0.05) is 13.8 Å². The van der Waals surface area contributed by atoms with E-state index in [-0.39, 0.29) is 17.1 Å². The van der Waals surface area contributed by atoms with E-state index in [2.05, 4.69) is 10.6 Å². The molecule has 0 aliphatic heterocycles. The standard InChI is InChI=1S/C13H20N2O4S/c1-8(2)6-13(3,19)7-14-12(18)15-10-9(11(16)17)4-5-20-10/h4-5,8,19H,6-7H2,1-3H3,(H,16,17)(H2,14,15,18). The lowest BCUT2D eigenvalue weighted by Crippen LogP contribution is -2.43. The van der Waals surface area contributed by atoms with Gasteiger partial charge in [0.1, 0.15) is 5.00 Å². The Kier molecular flexibility index (Phi) is 5.52. The van der Waals surface area contributed by atoms with E-state index in [1.54, 1.807) is 12.3 Å². The number of carbonyl (C=O) groups is 2. The number of aliphatic hydroxyl groups is 1. The number of hydrogen-bond donors (Lipinski definition) is 4. The van der Waals surface area contributed by atoms with E-state index in [1.165, 1.54) is 6.07 Å². The van der Waals surface area contributed by atoms with Crippen LogP contribution in [0.25, 0.3) is 0 Å². The summed E-state index contributed by atoms with van der Waals surface area (Å²) in [6, 6.07) is 0.899. The first-order valence-corrected chi connectivity index (χ1v) is 7.17. The van der Waals surface area contributed by atoms with Gasteiger partial charge in [-0.3, -0.25) is 5.32 Å². The van der Waals surface area contributed by atoms with Crippen molar-refractivity contribution in [1.82, 2.24) is 5.32 Å². The number of carboxylic acids is 1. The number of anilines is 1. The van der Waals surface area contributed by atoms with Crippen LogP contribution < -0.4 is 10.6 Å². The molecule has 0 aliphatic rings. The molecule has 0 aliphatic carbocycles. The smallest absolute Gasteiger partial charge is 0.338 e. The highest BCUT2D eigenvalue weighted by atomic mass is 32.1. The van der Waals surface area contributed by atoms with Crippen molar-refractivity contribution < 1.29 is 19.8 Å². The highest BCUT2D eigenvalue weighted by Crippen LogP contribution is 2.23. The van der Waals surface area contributed by atoms with E-state index in [0.29, 0.717) is 12.3 Å². The second-order valence-corrected chi connectivity index (χ2v) is 6.29. The van der Waals surface area contributed by atoms with Crippen molar-refractivity contribution in [2.24, 2.45) is 5.92 Å². The van der Waals surface area contributed by atoms with Crippen molar-refractivity contribution in [3.8, 4) is 0 Å². The summed E-state index contributed by atoms with van der Waals surface area (Å²) in [5, 5.41) is 25.9. The summed E-state index contributed by atoms with van der Waals surface area (Å²) in [6.07, 6.45) is 0.562. The third-order valence-electron chi connectivity index (χ3n) is 2.60. The van der Waals surface area contributed by atoms with Gasteiger partial charge in [0.05, 0.1) is 11.2 Å². The van der Waals surface area contributed by atoms with Crippen LogP contribution in [-0.2, 0) is 0 Å². The Morgan fingerprint density at radius 1 is 1.45 bits per heavy atom. The molecule has 0 saturated carbocycles. The van der Waals surface area contributed by atoms with E-state index in [0.717, 1.165) is 11.3 Å². The first kappa shape index (κ1) is 16.5. The monoisotopic (exact) mass is 300 g/mol. The van der Waals surface area contributed by atoms with Crippen molar-refractivity contribution >= 4 is 28.3 Å². The summed E-state index contributed by atoms with van der Waals surface area (Å²) in [6.45, 7) is 5.73. The molecule has 6 nitrogen and oxygen atoms in total. The first-order valence-electron chi connectivity index (χ1n) is 6.29. The molecule has 1 atom stereocenters. The van der Waals surface area contributed by atoms with Crippen LogP contribution in [0.4, 0.5) is 9.80 Å². The van der Waals surface area contributed by atoms with Gasteiger partial charge in [-0.2, -0.15) is 0 Å². The number of nitrogens with one attached hydrogen (secondary N) is 2. The third kappa shape index (κ3) is 5.18. The molecule has 1 aromatic heterocycles. The van der Waals surface area contributed by atoms with Gasteiger partial charge in [-0.25, -0.2) is 9.59 Å². The Morgan fingerprint density at radius 3 is 2.65 bits per heavy atom. The van der Waals surface area contributed by atoms with Crippen LogP contribution in [0.3, 0.4) is 0 Å². The highest BCUT2D eigenvalue weighted by molar-refractivity contribution is 7.14. The lowest BCUT2D eigenvalue weighted by molar-refractivity contribution is 0.0413. The second-order valence-electron chi connectivity index (χ2n) is 5.37. The molecule has 1 heterocycles. The molecule has 1 aromatic rings. The minimum Gasteiger partial charge on any atom is -0.478 e. The zero-order valence-electron chi connectivity index (χ0n) is 11.8. The lowest BCUT2D eigenvalue weighted by Gasteiger charge is -2.25. The Morgan fingerprint density at radius 2 is 2.10 bits per heavy atom. The summed E-state index contributed by atoms with van der Waals surface area (Å²) in [4.78, 5) is 22.6.